The van der Waals surface area contributed by atoms with Crippen molar-refractivity contribution in [3.05, 3.63) is 48.8 Å². The van der Waals surface area contributed by atoms with E-state index in [0.717, 1.165) is 26.9 Å². The van der Waals surface area contributed by atoms with Crippen LogP contribution in [0.5, 0.6) is 11.5 Å². The zero-order chi connectivity index (χ0) is 21.3. The molecule has 0 unspecified atom stereocenters. The highest BCUT2D eigenvalue weighted by Crippen LogP contribution is 2.37. The highest BCUT2D eigenvalue weighted by atomic mass is 32.2. The molecule has 3 heterocycles. The van der Waals surface area contributed by atoms with Crippen LogP contribution >= 0.6 is 23.7 Å². The average molecular weight is 446 g/mol. The molecule has 0 bridgehead atoms. The summed E-state index contributed by atoms with van der Waals surface area (Å²) in [5.41, 5.74) is 2.68. The summed E-state index contributed by atoms with van der Waals surface area (Å²) in [5, 5.41) is 4.14. The number of thioether (sulfide) groups is 1. The molecule has 0 spiro atoms. The maximum atomic E-state index is 14.9. The fraction of sp³-hybridized carbons (Fsp3) is 0.200. The van der Waals surface area contributed by atoms with Crippen LogP contribution < -0.4 is 14.2 Å². The number of nitrogens with one attached hydrogen (secondary N) is 1. The van der Waals surface area contributed by atoms with Crippen molar-refractivity contribution in [1.29, 1.82) is 0 Å². The average Bonchev–Trinajstić information content (AvgIpc) is 3.36. The van der Waals surface area contributed by atoms with Crippen LogP contribution in [0.4, 0.5) is 10.1 Å². The van der Waals surface area contributed by atoms with Gasteiger partial charge < -0.3 is 14.2 Å². The molecule has 1 N–H and O–H groups in total. The Morgan fingerprint density at radius 2 is 1.93 bits per heavy atom. The van der Waals surface area contributed by atoms with Gasteiger partial charge in [-0.2, -0.15) is 5.10 Å². The smallest absolute Gasteiger partial charge is 0.178 e. The van der Waals surface area contributed by atoms with E-state index in [2.05, 4.69) is 14.8 Å². The number of hydrogen-bond donors (Lipinski definition) is 1. The number of pyridine rings is 1. The van der Waals surface area contributed by atoms with Crippen LogP contribution in [0.2, 0.25) is 0 Å². The summed E-state index contributed by atoms with van der Waals surface area (Å²) >= 11 is 2.90. The van der Waals surface area contributed by atoms with Crippen LogP contribution in [0, 0.1) is 5.82 Å². The summed E-state index contributed by atoms with van der Waals surface area (Å²) < 4.78 is 32.4. The van der Waals surface area contributed by atoms with Gasteiger partial charge in [-0.3, -0.25) is 9.08 Å². The maximum Gasteiger partial charge on any atom is 0.178 e. The second-order valence-electron chi connectivity index (χ2n) is 6.37. The third kappa shape index (κ3) is 3.80. The van der Waals surface area contributed by atoms with Crippen molar-refractivity contribution in [2.45, 2.75) is 9.79 Å². The molecule has 0 aliphatic heterocycles. The number of ether oxygens (including phenoxy) is 2. The zero-order valence-electron chi connectivity index (χ0n) is 16.8. The molecule has 0 aliphatic rings. The van der Waals surface area contributed by atoms with E-state index < -0.39 is 5.82 Å². The van der Waals surface area contributed by atoms with E-state index in [9.17, 15) is 4.39 Å². The van der Waals surface area contributed by atoms with Gasteiger partial charge in [0.1, 0.15) is 11.4 Å². The van der Waals surface area contributed by atoms with Crippen LogP contribution in [-0.2, 0) is 7.05 Å². The summed E-state index contributed by atoms with van der Waals surface area (Å²) in [6.45, 7) is 0. The lowest BCUT2D eigenvalue weighted by atomic mass is 10.1. The predicted octanol–water partition coefficient (Wildman–Crippen LogP) is 4.73. The molecule has 0 aliphatic carbocycles. The number of aromatic nitrogens is 4. The van der Waals surface area contributed by atoms with Crippen LogP contribution in [0.3, 0.4) is 0 Å². The van der Waals surface area contributed by atoms with Crippen LogP contribution in [-0.4, -0.2) is 39.6 Å². The quantitative estimate of drug-likeness (QED) is 0.326. The molecule has 0 saturated carbocycles. The monoisotopic (exact) mass is 445 g/mol. The third-order valence-corrected chi connectivity index (χ3v) is 6.03. The Bertz CT molecular complexity index is 1210. The lowest BCUT2D eigenvalue weighted by Gasteiger charge is -2.13. The Kier molecular flexibility index (Phi) is 5.78. The van der Waals surface area contributed by atoms with E-state index in [1.165, 1.54) is 25.1 Å². The number of anilines is 1. The Morgan fingerprint density at radius 3 is 2.60 bits per heavy atom. The number of rotatable bonds is 7. The summed E-state index contributed by atoms with van der Waals surface area (Å²) in [5.74, 6) is 0.441. The Balaban J connectivity index is 1.76. The first-order valence-electron chi connectivity index (χ1n) is 8.92. The molecule has 3 aromatic heterocycles. The van der Waals surface area contributed by atoms with Gasteiger partial charge in [-0.15, -0.1) is 11.8 Å². The summed E-state index contributed by atoms with van der Waals surface area (Å²) in [7, 11) is 4.92. The lowest BCUT2D eigenvalue weighted by Crippen LogP contribution is -1.98. The van der Waals surface area contributed by atoms with Crippen molar-refractivity contribution in [3.8, 4) is 22.8 Å². The number of imidazole rings is 1. The topological polar surface area (TPSA) is 65.6 Å². The van der Waals surface area contributed by atoms with Gasteiger partial charge in [0.2, 0.25) is 0 Å². The molecule has 0 fully saturated rings. The Morgan fingerprint density at radius 1 is 1.10 bits per heavy atom. The van der Waals surface area contributed by atoms with Crippen LogP contribution in [0.1, 0.15) is 0 Å². The van der Waals surface area contributed by atoms with Crippen LogP contribution in [0.15, 0.2) is 52.8 Å². The number of aryl methyl sites for hydroxylation is 1. The highest BCUT2D eigenvalue weighted by Gasteiger charge is 2.17. The van der Waals surface area contributed by atoms with Gasteiger partial charge in [0, 0.05) is 31.1 Å². The fourth-order valence-electron chi connectivity index (χ4n) is 3.10. The molecule has 7 nitrogen and oxygen atoms in total. The Labute approximate surface area is 181 Å². The minimum Gasteiger partial charge on any atom is -0.495 e. The number of nitrogens with zero attached hydrogens (tertiary/aromatic N) is 4. The second kappa shape index (κ2) is 8.49. The lowest BCUT2D eigenvalue weighted by molar-refractivity contribution is 0.389. The molecular weight excluding hydrogens is 425 g/mol. The van der Waals surface area contributed by atoms with Crippen molar-refractivity contribution < 1.29 is 13.9 Å². The van der Waals surface area contributed by atoms with Crippen molar-refractivity contribution >= 4 is 35.0 Å². The van der Waals surface area contributed by atoms with Gasteiger partial charge in [-0.05, 0) is 30.3 Å². The normalized spacial score (nSPS) is 11.1. The van der Waals surface area contributed by atoms with Gasteiger partial charge >= 0.3 is 0 Å². The molecule has 0 atom stereocenters. The highest BCUT2D eigenvalue weighted by molar-refractivity contribution is 8.00. The molecule has 0 radical (unpaired) electrons. The van der Waals surface area contributed by atoms with Crippen molar-refractivity contribution in [1.82, 2.24) is 19.2 Å². The number of benzene rings is 1. The standard InChI is InChI=1S/C20H20FN5O2S2/c1-25-10-13(8-23-25)30-24-15-6-12(5-14(21)20(15)28-3)16-9-22-19-7-17(27-2)18(29-4)11-26(16)19/h5-11,24H,1-4H3. The molecule has 10 heteroatoms. The fourth-order valence-corrected chi connectivity index (χ4v) is 4.34. The van der Waals surface area contributed by atoms with E-state index in [1.54, 1.807) is 35.9 Å². The number of halogens is 1. The van der Waals surface area contributed by atoms with E-state index in [4.69, 9.17) is 9.47 Å². The molecule has 4 rings (SSSR count). The van der Waals surface area contributed by atoms with E-state index >= 15 is 0 Å². The van der Waals surface area contributed by atoms with Crippen LogP contribution in [0.25, 0.3) is 16.9 Å². The molecule has 1 aromatic carbocycles. The molecule has 0 amide bonds. The number of fused-ring (bicyclic) bond motifs is 1. The Hall–Kier alpha value is -2.85. The molecule has 30 heavy (non-hydrogen) atoms. The van der Waals surface area contributed by atoms with E-state index in [-0.39, 0.29) is 5.75 Å². The maximum absolute atomic E-state index is 14.9. The van der Waals surface area contributed by atoms with Crippen molar-refractivity contribution in [3.63, 3.8) is 0 Å². The van der Waals surface area contributed by atoms with Gasteiger partial charge in [0.05, 0.1) is 47.8 Å². The first-order valence-corrected chi connectivity index (χ1v) is 11.0. The predicted molar refractivity (Wildman–Crippen MR) is 118 cm³/mol. The first-order chi connectivity index (χ1) is 14.5. The summed E-state index contributed by atoms with van der Waals surface area (Å²) in [6, 6.07) is 5.16. The summed E-state index contributed by atoms with van der Waals surface area (Å²) in [6.07, 6.45) is 9.24. The van der Waals surface area contributed by atoms with Crippen molar-refractivity contribution in [2.24, 2.45) is 7.05 Å². The molecule has 4 aromatic rings. The van der Waals surface area contributed by atoms with Crippen molar-refractivity contribution in [2.75, 3.05) is 25.2 Å². The molecule has 0 saturated heterocycles. The molecule has 156 valence electrons. The minimum atomic E-state index is -0.460. The zero-order valence-corrected chi connectivity index (χ0v) is 18.5. The summed E-state index contributed by atoms with van der Waals surface area (Å²) in [4.78, 5) is 6.32. The van der Waals surface area contributed by atoms with Gasteiger partial charge in [0.15, 0.2) is 11.6 Å². The third-order valence-electron chi connectivity index (χ3n) is 4.52. The molecular formula is C20H20FN5O2S2. The van der Waals surface area contributed by atoms with Gasteiger partial charge in [-0.25, -0.2) is 9.37 Å². The number of hydrogen-bond acceptors (Lipinski definition) is 7. The SMILES string of the molecule is COc1cc2ncc(-c3cc(F)c(OC)c(NSc4cnn(C)c4)c3)n2cc1SC. The first kappa shape index (κ1) is 20.4. The minimum absolute atomic E-state index is 0.149. The number of methoxy groups -OCH3 is 2. The van der Waals surface area contributed by atoms with E-state index in [0.29, 0.717) is 11.3 Å². The van der Waals surface area contributed by atoms with E-state index in [1.807, 2.05) is 42.2 Å². The van der Waals surface area contributed by atoms with Gasteiger partial charge in [-0.1, -0.05) is 0 Å². The second-order valence-corrected chi connectivity index (χ2v) is 8.10. The largest absolute Gasteiger partial charge is 0.495 e. The van der Waals surface area contributed by atoms with Gasteiger partial charge in [0.25, 0.3) is 0 Å².